The van der Waals surface area contributed by atoms with Crippen molar-refractivity contribution in [1.82, 2.24) is 4.31 Å². The van der Waals surface area contributed by atoms with E-state index in [0.29, 0.717) is 17.8 Å². The number of rotatable bonds is 7. The molecule has 10 nitrogen and oxygen atoms in total. The van der Waals surface area contributed by atoms with E-state index in [9.17, 15) is 21.9 Å². The lowest BCUT2D eigenvalue weighted by Gasteiger charge is -2.47. The predicted octanol–water partition coefficient (Wildman–Crippen LogP) is 4.37. The Labute approximate surface area is 262 Å². The first-order valence-electron chi connectivity index (χ1n) is 15.5. The molecule has 4 atom stereocenters. The Morgan fingerprint density at radius 3 is 2.14 bits per heavy atom. The molecule has 2 aromatic rings. The molecule has 0 aromatic heterocycles. The number of carbonyl (C=O) groups excluding carboxylic acids is 1. The van der Waals surface area contributed by atoms with Crippen molar-refractivity contribution in [2.45, 2.75) is 93.4 Å². The molecule has 2 aromatic carbocycles. The van der Waals surface area contributed by atoms with Crippen molar-refractivity contribution in [2.24, 2.45) is 5.92 Å². The summed E-state index contributed by atoms with van der Waals surface area (Å²) in [6.07, 6.45) is 6.59. The average Bonchev–Trinajstić information content (AvgIpc) is 3.26. The first-order valence-corrected chi connectivity index (χ1v) is 18.9. The molecule has 2 heterocycles. The molecule has 2 aliphatic heterocycles. The third kappa shape index (κ3) is 6.03. The van der Waals surface area contributed by atoms with Crippen LogP contribution in [0, 0.1) is 5.92 Å². The van der Waals surface area contributed by atoms with Gasteiger partial charge in [-0.25, -0.2) is 21.1 Å². The molecule has 3 aliphatic rings. The Kier molecular flexibility index (Phi) is 9.23. The molecule has 0 spiro atoms. The molecule has 3 unspecified atom stereocenters. The van der Waals surface area contributed by atoms with E-state index in [1.807, 2.05) is 30.0 Å². The van der Waals surface area contributed by atoms with Crippen LogP contribution >= 0.6 is 0 Å². The Hall–Kier alpha value is -2.51. The number of carbonyl (C=O) groups is 1. The molecule has 5 rings (SSSR count). The lowest BCUT2D eigenvalue weighted by Crippen LogP contribution is -2.60. The monoisotopic (exact) mass is 647 g/mol. The number of aliphatic hydroxyl groups excluding tert-OH is 1. The highest BCUT2D eigenvalue weighted by atomic mass is 32.2. The molecule has 1 N–H and O–H groups in total. The smallest absolute Gasteiger partial charge is 0.259 e. The summed E-state index contributed by atoms with van der Waals surface area (Å²) >= 11 is 0. The van der Waals surface area contributed by atoms with Crippen LogP contribution in [0.2, 0.25) is 0 Å². The summed E-state index contributed by atoms with van der Waals surface area (Å²) < 4.78 is 58.2. The molecule has 2 fully saturated rings. The quantitative estimate of drug-likeness (QED) is 0.440. The van der Waals surface area contributed by atoms with Crippen LogP contribution in [0.15, 0.2) is 47.4 Å². The van der Waals surface area contributed by atoms with Crippen molar-refractivity contribution in [1.29, 1.82) is 0 Å². The van der Waals surface area contributed by atoms with Gasteiger partial charge >= 0.3 is 0 Å². The first-order chi connectivity index (χ1) is 20.7. The molecule has 1 amide bonds. The van der Waals surface area contributed by atoms with Gasteiger partial charge in [0.25, 0.3) is 5.91 Å². The van der Waals surface area contributed by atoms with Crippen LogP contribution in [0.25, 0.3) is 11.1 Å². The minimum absolute atomic E-state index is 0.111. The van der Waals surface area contributed by atoms with Crippen molar-refractivity contribution in [3.63, 3.8) is 0 Å². The summed E-state index contributed by atoms with van der Waals surface area (Å²) in [7, 11) is -4.13. The van der Waals surface area contributed by atoms with Gasteiger partial charge in [0.2, 0.25) is 10.0 Å². The molecule has 0 radical (unpaired) electrons. The highest BCUT2D eigenvalue weighted by Crippen LogP contribution is 2.48. The van der Waals surface area contributed by atoms with E-state index in [1.54, 1.807) is 36.1 Å². The number of ether oxygens (including phenoxy) is 1. The van der Waals surface area contributed by atoms with E-state index in [1.165, 1.54) is 24.7 Å². The molecule has 1 aliphatic carbocycles. The fourth-order valence-electron chi connectivity index (χ4n) is 7.22. The highest BCUT2D eigenvalue weighted by Gasteiger charge is 2.57. The van der Waals surface area contributed by atoms with Crippen molar-refractivity contribution in [3.8, 4) is 11.1 Å². The molecular weight excluding hydrogens is 603 g/mol. The number of anilines is 2. The lowest BCUT2D eigenvalue weighted by molar-refractivity contribution is -0.148. The maximum atomic E-state index is 15.0. The van der Waals surface area contributed by atoms with Crippen LogP contribution in [0.5, 0.6) is 0 Å². The first kappa shape index (κ1) is 32.9. The zero-order valence-corrected chi connectivity index (χ0v) is 27.9. The third-order valence-corrected chi connectivity index (χ3v) is 12.7. The molecule has 1 saturated heterocycles. The van der Waals surface area contributed by atoms with Crippen molar-refractivity contribution < 1.29 is 31.5 Å². The standard InChI is InChI=1S/C32H45N3O7S2/c1-22-21-34(31(37)32(26-10-8-6-7-9-11-26)19-18-30(42-32)44(40,41)33(3)4)29-20-25(14-17-28(29)35(22)23(2)36)24-12-15-27(16-13-24)43(5,38)39/h12-17,20,22-23,26,30,36H,6-11,18-19,21H2,1-5H3/t22-,23?,30?,32?/m0/s1. The van der Waals surface area contributed by atoms with Gasteiger partial charge in [-0.15, -0.1) is 0 Å². The number of sulfonamides is 1. The van der Waals surface area contributed by atoms with Gasteiger partial charge in [-0.05, 0) is 80.8 Å². The molecule has 44 heavy (non-hydrogen) atoms. The van der Waals surface area contributed by atoms with Gasteiger partial charge in [0.05, 0.1) is 16.3 Å². The van der Waals surface area contributed by atoms with E-state index < -0.39 is 37.1 Å². The van der Waals surface area contributed by atoms with Crippen LogP contribution in [-0.4, -0.2) is 82.4 Å². The fraction of sp³-hybridized carbons (Fsp3) is 0.594. The van der Waals surface area contributed by atoms with Gasteiger partial charge in [-0.1, -0.05) is 43.9 Å². The summed E-state index contributed by atoms with van der Waals surface area (Å²) in [5.41, 5.74) is 0.479. The Morgan fingerprint density at radius 1 is 0.955 bits per heavy atom. The second-order valence-corrected chi connectivity index (χ2v) is 17.1. The number of amides is 1. The van der Waals surface area contributed by atoms with Gasteiger partial charge in [0, 0.05) is 32.9 Å². The second kappa shape index (κ2) is 12.4. The minimum atomic E-state index is -3.75. The number of benzene rings is 2. The summed E-state index contributed by atoms with van der Waals surface area (Å²) in [4.78, 5) is 18.8. The summed E-state index contributed by atoms with van der Waals surface area (Å²) in [5, 5.41) is 10.8. The molecule has 0 bridgehead atoms. The Balaban J connectivity index is 1.61. The van der Waals surface area contributed by atoms with Crippen molar-refractivity contribution in [3.05, 3.63) is 42.5 Å². The van der Waals surface area contributed by atoms with E-state index >= 15 is 4.79 Å². The summed E-state index contributed by atoms with van der Waals surface area (Å²) in [6, 6.07) is 12.1. The SMILES string of the molecule is CC(O)N1c2ccc(-c3ccc(S(C)(=O)=O)cc3)cc2N(C(=O)C2(C3CCCCCC3)CCC(S(=O)(=O)N(C)C)O2)C[C@@H]1C. The van der Waals surface area contributed by atoms with Gasteiger partial charge in [0.15, 0.2) is 20.9 Å². The third-order valence-electron chi connectivity index (χ3n) is 9.54. The topological polar surface area (TPSA) is 125 Å². The maximum absolute atomic E-state index is 15.0. The van der Waals surface area contributed by atoms with Crippen LogP contribution in [0.3, 0.4) is 0 Å². The van der Waals surface area contributed by atoms with E-state index in [4.69, 9.17) is 4.74 Å². The Morgan fingerprint density at radius 2 is 1.57 bits per heavy atom. The van der Waals surface area contributed by atoms with Gasteiger partial charge < -0.3 is 19.6 Å². The minimum Gasteiger partial charge on any atom is -0.374 e. The number of aliphatic hydroxyl groups is 1. The summed E-state index contributed by atoms with van der Waals surface area (Å²) in [6.45, 7) is 3.94. The van der Waals surface area contributed by atoms with Crippen LogP contribution in [-0.2, 0) is 29.4 Å². The average molecular weight is 648 g/mol. The van der Waals surface area contributed by atoms with Crippen molar-refractivity contribution in [2.75, 3.05) is 36.7 Å². The number of hydrogen-bond acceptors (Lipinski definition) is 8. The lowest BCUT2D eigenvalue weighted by atomic mass is 9.78. The van der Waals surface area contributed by atoms with E-state index in [2.05, 4.69) is 0 Å². The molecule has 242 valence electrons. The van der Waals surface area contributed by atoms with Crippen LogP contribution < -0.4 is 9.80 Å². The van der Waals surface area contributed by atoms with Crippen LogP contribution in [0.4, 0.5) is 11.4 Å². The molecular formula is C32H45N3O7S2. The number of hydrogen-bond donors (Lipinski definition) is 1. The molecule has 12 heteroatoms. The maximum Gasteiger partial charge on any atom is 0.259 e. The number of sulfone groups is 1. The number of nitrogens with zero attached hydrogens (tertiary/aromatic N) is 3. The largest absolute Gasteiger partial charge is 0.374 e. The summed E-state index contributed by atoms with van der Waals surface area (Å²) in [5.74, 6) is -0.344. The molecule has 1 saturated carbocycles. The van der Waals surface area contributed by atoms with Gasteiger partial charge in [-0.3, -0.25) is 4.79 Å². The van der Waals surface area contributed by atoms with Crippen molar-refractivity contribution >= 4 is 37.1 Å². The zero-order valence-electron chi connectivity index (χ0n) is 26.3. The van der Waals surface area contributed by atoms with E-state index in [-0.39, 0.29) is 35.7 Å². The van der Waals surface area contributed by atoms with Gasteiger partial charge in [-0.2, -0.15) is 0 Å². The van der Waals surface area contributed by atoms with Crippen LogP contribution in [0.1, 0.15) is 65.2 Å². The second-order valence-electron chi connectivity index (χ2n) is 12.8. The number of fused-ring (bicyclic) bond motifs is 1. The Bertz CT molecular complexity index is 1580. The highest BCUT2D eigenvalue weighted by molar-refractivity contribution is 7.90. The van der Waals surface area contributed by atoms with E-state index in [0.717, 1.165) is 49.7 Å². The van der Waals surface area contributed by atoms with Gasteiger partial charge in [0.1, 0.15) is 6.23 Å². The zero-order chi connectivity index (χ0) is 32.0. The predicted molar refractivity (Wildman–Crippen MR) is 172 cm³/mol. The normalized spacial score (nSPS) is 26.0. The fourth-order valence-corrected chi connectivity index (χ4v) is 9.03.